The number of nitrogens with two attached hydrogens (primary N) is 2. The van der Waals surface area contributed by atoms with E-state index in [2.05, 4.69) is 21.3 Å². The van der Waals surface area contributed by atoms with E-state index >= 15 is 0 Å². The van der Waals surface area contributed by atoms with Crippen molar-refractivity contribution in [1.82, 2.24) is 21.3 Å². The smallest absolute Gasteiger partial charge is 0.322 e. The fraction of sp³-hybridized carbons (Fsp3) is 0.667. The van der Waals surface area contributed by atoms with Crippen molar-refractivity contribution in [2.45, 2.75) is 51.1 Å². The predicted octanol–water partition coefficient (Wildman–Crippen LogP) is -3.14. The molecular formula is C18H34N6O8. The Kier molecular flexibility index (Phi) is 19.0. The molecule has 0 saturated heterocycles. The molecule has 0 spiro atoms. The van der Waals surface area contributed by atoms with Gasteiger partial charge in [-0.05, 0) is 39.2 Å². The molecule has 10 N–H and O–H groups in total. The molecule has 0 unspecified atom stereocenters. The van der Waals surface area contributed by atoms with Crippen molar-refractivity contribution in [1.29, 1.82) is 0 Å². The van der Waals surface area contributed by atoms with Crippen molar-refractivity contribution < 1.29 is 39.0 Å². The van der Waals surface area contributed by atoms with Crippen molar-refractivity contribution >= 4 is 36.1 Å². The fourth-order valence-corrected chi connectivity index (χ4v) is 2.27. The number of rotatable bonds is 15. The predicted molar refractivity (Wildman–Crippen MR) is 113 cm³/mol. The molecule has 14 nitrogen and oxygen atoms in total. The minimum Gasteiger partial charge on any atom is -0.483 e. The highest BCUT2D eigenvalue weighted by atomic mass is 16.4. The van der Waals surface area contributed by atoms with Crippen LogP contribution in [0, 0.1) is 0 Å². The van der Waals surface area contributed by atoms with E-state index in [1.807, 2.05) is 0 Å². The average molecular weight is 463 g/mol. The lowest BCUT2D eigenvalue weighted by molar-refractivity contribution is -0.138. The summed E-state index contributed by atoms with van der Waals surface area (Å²) in [5, 5.41) is 25.3. The monoisotopic (exact) mass is 462 g/mol. The van der Waals surface area contributed by atoms with E-state index in [1.54, 1.807) is 0 Å². The van der Waals surface area contributed by atoms with Gasteiger partial charge in [0, 0.05) is 13.0 Å². The van der Waals surface area contributed by atoms with E-state index < -0.39 is 36.4 Å². The van der Waals surface area contributed by atoms with Crippen LogP contribution in [0.5, 0.6) is 0 Å². The Morgan fingerprint density at radius 3 is 2.09 bits per heavy atom. The highest BCUT2D eigenvalue weighted by Gasteiger charge is 2.24. The lowest BCUT2D eigenvalue weighted by atomic mass is 10.1. The maximum absolute atomic E-state index is 12.5. The van der Waals surface area contributed by atoms with Crippen molar-refractivity contribution in [3.63, 3.8) is 0 Å². The second-order valence-electron chi connectivity index (χ2n) is 6.51. The van der Waals surface area contributed by atoms with Crippen molar-refractivity contribution in [2.24, 2.45) is 11.5 Å². The molecule has 0 heterocycles. The number of carboxylic acid groups (broad SMARTS) is 2. The Bertz CT molecular complexity index is 616. The third-order valence-electron chi connectivity index (χ3n) is 3.85. The molecule has 0 aliphatic rings. The maximum atomic E-state index is 12.5. The summed E-state index contributed by atoms with van der Waals surface area (Å²) >= 11 is 0. The van der Waals surface area contributed by atoms with E-state index in [0.29, 0.717) is 32.2 Å². The van der Waals surface area contributed by atoms with Gasteiger partial charge in [-0.25, -0.2) is 0 Å². The minimum atomic E-state index is -1.20. The maximum Gasteiger partial charge on any atom is 0.322 e. The van der Waals surface area contributed by atoms with E-state index in [4.69, 9.17) is 26.5 Å². The summed E-state index contributed by atoms with van der Waals surface area (Å²) in [5.74, 6) is -3.10. The summed E-state index contributed by atoms with van der Waals surface area (Å²) in [7, 11) is 0. The van der Waals surface area contributed by atoms with E-state index in [0.717, 1.165) is 0 Å². The highest BCUT2D eigenvalue weighted by Crippen LogP contribution is 2.03. The first-order valence-electron chi connectivity index (χ1n) is 9.96. The second kappa shape index (κ2) is 19.7. The Morgan fingerprint density at radius 2 is 1.56 bits per heavy atom. The van der Waals surface area contributed by atoms with Crippen LogP contribution in [0.3, 0.4) is 0 Å². The molecule has 0 saturated carbocycles. The van der Waals surface area contributed by atoms with Crippen LogP contribution in [0.15, 0.2) is 0 Å². The lowest BCUT2D eigenvalue weighted by Crippen LogP contribution is -2.53. The number of hydrogen-bond donors (Lipinski definition) is 8. The van der Waals surface area contributed by atoms with E-state index in [-0.39, 0.29) is 37.8 Å². The third-order valence-corrected chi connectivity index (χ3v) is 3.85. The molecule has 0 aromatic carbocycles. The van der Waals surface area contributed by atoms with Gasteiger partial charge in [0.05, 0.1) is 6.54 Å². The summed E-state index contributed by atoms with van der Waals surface area (Å²) in [5.41, 5.74) is 10.6. The molecule has 32 heavy (non-hydrogen) atoms. The first-order valence-corrected chi connectivity index (χ1v) is 9.96. The van der Waals surface area contributed by atoms with E-state index in [9.17, 15) is 24.0 Å². The zero-order valence-electron chi connectivity index (χ0n) is 18.1. The second-order valence-corrected chi connectivity index (χ2v) is 6.51. The van der Waals surface area contributed by atoms with Crippen molar-refractivity contribution in [2.75, 3.05) is 26.2 Å². The summed E-state index contributed by atoms with van der Waals surface area (Å²) in [6.07, 6.45) is 2.07. The Hall–Kier alpha value is -3.26. The van der Waals surface area contributed by atoms with Crippen LogP contribution < -0.4 is 32.7 Å². The molecule has 0 radical (unpaired) electrons. The van der Waals surface area contributed by atoms with Crippen LogP contribution in [0.1, 0.15) is 39.0 Å². The van der Waals surface area contributed by atoms with E-state index in [1.165, 1.54) is 6.92 Å². The Morgan fingerprint density at radius 1 is 0.938 bits per heavy atom. The van der Waals surface area contributed by atoms with Gasteiger partial charge in [-0.2, -0.15) is 0 Å². The lowest BCUT2D eigenvalue weighted by Gasteiger charge is -2.21. The molecule has 0 aliphatic carbocycles. The molecule has 0 fully saturated rings. The zero-order valence-corrected chi connectivity index (χ0v) is 18.1. The summed E-state index contributed by atoms with van der Waals surface area (Å²) in [6, 6.07) is -1.83. The van der Waals surface area contributed by atoms with Crippen LogP contribution >= 0.6 is 0 Å². The van der Waals surface area contributed by atoms with Gasteiger partial charge >= 0.3 is 5.97 Å². The van der Waals surface area contributed by atoms with Gasteiger partial charge in [-0.3, -0.25) is 28.8 Å². The normalized spacial score (nSPS) is 11.6. The number of aliphatic carboxylic acids is 1. The number of amides is 4. The number of carbonyl (C=O) groups excluding carboxylic acids is 4. The summed E-state index contributed by atoms with van der Waals surface area (Å²) < 4.78 is 0. The highest BCUT2D eigenvalue weighted by molar-refractivity contribution is 5.92. The first kappa shape index (κ1) is 30.9. The molecule has 0 aliphatic heterocycles. The van der Waals surface area contributed by atoms with Crippen LogP contribution in [-0.4, -0.2) is 84.5 Å². The molecule has 0 bridgehead atoms. The SMILES string of the molecule is C[C@@H](NC(=O)[C@H](CCCCN)NC(=O)CCCNC(=O)CN)C(=O)NCC(=O)O.O=CO. The summed E-state index contributed by atoms with van der Waals surface area (Å²) in [4.78, 5) is 66.3. The summed E-state index contributed by atoms with van der Waals surface area (Å²) in [6.45, 7) is 1.20. The van der Waals surface area contributed by atoms with Gasteiger partial charge in [0.15, 0.2) is 0 Å². The molecule has 184 valence electrons. The number of carbonyl (C=O) groups is 6. The fourth-order valence-electron chi connectivity index (χ4n) is 2.27. The van der Waals surface area contributed by atoms with Gasteiger partial charge in [-0.15, -0.1) is 0 Å². The number of nitrogens with one attached hydrogen (secondary N) is 4. The molecule has 4 amide bonds. The van der Waals surface area contributed by atoms with Gasteiger partial charge in [0.25, 0.3) is 6.47 Å². The largest absolute Gasteiger partial charge is 0.483 e. The van der Waals surface area contributed by atoms with Crippen LogP contribution in [0.4, 0.5) is 0 Å². The zero-order chi connectivity index (χ0) is 24.9. The Labute approximate surface area is 185 Å². The number of carboxylic acids is 1. The molecule has 0 aromatic heterocycles. The van der Waals surface area contributed by atoms with Crippen LogP contribution in [0.25, 0.3) is 0 Å². The van der Waals surface area contributed by atoms with Crippen molar-refractivity contribution in [3.8, 4) is 0 Å². The van der Waals surface area contributed by atoms with Gasteiger partial charge in [-0.1, -0.05) is 0 Å². The van der Waals surface area contributed by atoms with Gasteiger partial charge in [0.2, 0.25) is 23.6 Å². The van der Waals surface area contributed by atoms with Crippen LogP contribution in [0.2, 0.25) is 0 Å². The molecule has 2 atom stereocenters. The first-order chi connectivity index (χ1) is 15.1. The average Bonchev–Trinajstić information content (AvgIpc) is 2.74. The van der Waals surface area contributed by atoms with Crippen LogP contribution in [-0.2, 0) is 28.8 Å². The van der Waals surface area contributed by atoms with Gasteiger partial charge in [0.1, 0.15) is 18.6 Å². The number of unbranched alkanes of at least 4 members (excludes halogenated alkanes) is 1. The molecule has 0 aromatic rings. The van der Waals surface area contributed by atoms with Crippen molar-refractivity contribution in [3.05, 3.63) is 0 Å². The molecular weight excluding hydrogens is 428 g/mol. The minimum absolute atomic E-state index is 0.0974. The number of hydrogen-bond acceptors (Lipinski definition) is 8. The molecule has 14 heteroatoms. The third kappa shape index (κ3) is 17.6. The quantitative estimate of drug-likeness (QED) is 0.0897. The van der Waals surface area contributed by atoms with Gasteiger partial charge < -0.3 is 42.9 Å². The topological polar surface area (TPSA) is 243 Å². The Balaban J connectivity index is 0. The standard InChI is InChI=1S/C17H32N6O6.CH2O2/c1-11(16(28)21-10-15(26)27)22-17(29)12(5-2-3-7-18)23-13(24)6-4-8-20-14(25)9-19;2-1-3/h11-12H,2-10,18-19H2,1H3,(H,20,25)(H,21,28)(H,22,29)(H,23,24)(H,26,27);1H,(H,2,3)/t11-,12+;/m1./s1. The molecule has 0 rings (SSSR count).